The monoisotopic (exact) mass is 196 g/mol. The Labute approximate surface area is 84.5 Å². The van der Waals surface area contributed by atoms with Gasteiger partial charge in [0.2, 0.25) is 0 Å². The van der Waals surface area contributed by atoms with E-state index in [2.05, 4.69) is 0 Å². The van der Waals surface area contributed by atoms with E-state index in [1.54, 1.807) is 0 Å². The predicted molar refractivity (Wildman–Crippen MR) is 57.9 cm³/mol. The topological polar surface area (TPSA) is 29.3 Å². The SMILES string of the molecule is CC(c1cccc(N)c1)N(C)CCF. The lowest BCUT2D eigenvalue weighted by Crippen LogP contribution is -2.24. The summed E-state index contributed by atoms with van der Waals surface area (Å²) in [5.41, 5.74) is 7.56. The second-order valence-corrected chi connectivity index (χ2v) is 3.52. The molecule has 0 aromatic heterocycles. The predicted octanol–water partition coefficient (Wildman–Crippen LogP) is 2.23. The van der Waals surface area contributed by atoms with Crippen LogP contribution in [0.2, 0.25) is 0 Å². The third-order valence-corrected chi connectivity index (χ3v) is 2.49. The van der Waals surface area contributed by atoms with Gasteiger partial charge < -0.3 is 5.73 Å². The van der Waals surface area contributed by atoms with E-state index in [0.29, 0.717) is 6.54 Å². The van der Waals surface area contributed by atoms with Gasteiger partial charge in [0.15, 0.2) is 0 Å². The van der Waals surface area contributed by atoms with Gasteiger partial charge in [-0.05, 0) is 31.7 Å². The highest BCUT2D eigenvalue weighted by molar-refractivity contribution is 5.41. The number of nitrogens with two attached hydrogens (primary N) is 1. The van der Waals surface area contributed by atoms with E-state index in [1.165, 1.54) is 0 Å². The Morgan fingerprint density at radius 1 is 1.50 bits per heavy atom. The van der Waals surface area contributed by atoms with Crippen LogP contribution >= 0.6 is 0 Å². The number of hydrogen-bond acceptors (Lipinski definition) is 2. The van der Waals surface area contributed by atoms with E-state index in [0.717, 1.165) is 11.3 Å². The summed E-state index contributed by atoms with van der Waals surface area (Å²) in [5, 5.41) is 0. The zero-order valence-electron chi connectivity index (χ0n) is 8.70. The first-order valence-electron chi connectivity index (χ1n) is 4.76. The van der Waals surface area contributed by atoms with Crippen molar-refractivity contribution in [2.45, 2.75) is 13.0 Å². The van der Waals surface area contributed by atoms with Crippen molar-refractivity contribution in [3.63, 3.8) is 0 Å². The smallest absolute Gasteiger partial charge is 0.102 e. The van der Waals surface area contributed by atoms with Gasteiger partial charge in [-0.15, -0.1) is 0 Å². The minimum Gasteiger partial charge on any atom is -0.399 e. The Morgan fingerprint density at radius 2 is 2.21 bits per heavy atom. The highest BCUT2D eigenvalue weighted by Gasteiger charge is 2.10. The molecule has 78 valence electrons. The fourth-order valence-electron chi connectivity index (χ4n) is 1.40. The lowest BCUT2D eigenvalue weighted by molar-refractivity contribution is 0.237. The molecule has 2 nitrogen and oxygen atoms in total. The summed E-state index contributed by atoms with van der Waals surface area (Å²) in [5.74, 6) is 0. The number of nitrogen functional groups attached to an aromatic ring is 1. The molecule has 0 saturated heterocycles. The van der Waals surface area contributed by atoms with Crippen LogP contribution in [0.5, 0.6) is 0 Å². The molecule has 1 rings (SSSR count). The van der Waals surface area contributed by atoms with Gasteiger partial charge >= 0.3 is 0 Å². The number of nitrogens with zero attached hydrogens (tertiary/aromatic N) is 1. The normalized spacial score (nSPS) is 13.1. The Kier molecular flexibility index (Phi) is 3.89. The Hall–Kier alpha value is -1.09. The summed E-state index contributed by atoms with van der Waals surface area (Å²) in [6, 6.07) is 7.92. The average Bonchev–Trinajstić information content (AvgIpc) is 2.17. The van der Waals surface area contributed by atoms with Gasteiger partial charge in [-0.3, -0.25) is 4.90 Å². The standard InChI is InChI=1S/C11H17FN2/c1-9(14(2)7-6-12)10-4-3-5-11(13)8-10/h3-5,8-9H,6-7,13H2,1-2H3. The molecule has 0 aliphatic carbocycles. The molecule has 0 spiro atoms. The Balaban J connectivity index is 2.73. The minimum absolute atomic E-state index is 0.203. The van der Waals surface area contributed by atoms with Crippen molar-refractivity contribution in [2.24, 2.45) is 0 Å². The number of rotatable bonds is 4. The Bertz CT molecular complexity index is 288. The van der Waals surface area contributed by atoms with Gasteiger partial charge in [0, 0.05) is 18.3 Å². The lowest BCUT2D eigenvalue weighted by Gasteiger charge is -2.23. The van der Waals surface area contributed by atoms with E-state index >= 15 is 0 Å². The Morgan fingerprint density at radius 3 is 2.79 bits per heavy atom. The van der Waals surface area contributed by atoms with Crippen LogP contribution in [0.3, 0.4) is 0 Å². The molecule has 1 atom stereocenters. The number of alkyl halides is 1. The van der Waals surface area contributed by atoms with Crippen LogP contribution in [0, 0.1) is 0 Å². The van der Waals surface area contributed by atoms with Crippen molar-refractivity contribution < 1.29 is 4.39 Å². The molecule has 3 heteroatoms. The molecule has 1 aromatic carbocycles. The lowest BCUT2D eigenvalue weighted by atomic mass is 10.1. The van der Waals surface area contributed by atoms with Crippen molar-refractivity contribution in [3.05, 3.63) is 29.8 Å². The summed E-state index contributed by atoms with van der Waals surface area (Å²) in [6.07, 6.45) is 0. The molecule has 0 aliphatic rings. The average molecular weight is 196 g/mol. The molecule has 0 heterocycles. The molecule has 0 aliphatic heterocycles. The molecule has 0 saturated carbocycles. The molecule has 1 unspecified atom stereocenters. The first-order valence-corrected chi connectivity index (χ1v) is 4.76. The third-order valence-electron chi connectivity index (χ3n) is 2.49. The van der Waals surface area contributed by atoms with E-state index in [-0.39, 0.29) is 12.7 Å². The first-order chi connectivity index (χ1) is 6.65. The van der Waals surface area contributed by atoms with Crippen LogP contribution in [0.4, 0.5) is 10.1 Å². The van der Waals surface area contributed by atoms with Gasteiger partial charge in [-0.25, -0.2) is 4.39 Å². The summed E-state index contributed by atoms with van der Waals surface area (Å²) >= 11 is 0. The van der Waals surface area contributed by atoms with Crippen LogP contribution in [-0.4, -0.2) is 25.2 Å². The van der Waals surface area contributed by atoms with Gasteiger partial charge in [0.1, 0.15) is 6.67 Å². The maximum atomic E-state index is 12.1. The quantitative estimate of drug-likeness (QED) is 0.748. The second-order valence-electron chi connectivity index (χ2n) is 3.52. The zero-order chi connectivity index (χ0) is 10.6. The number of halogens is 1. The molecule has 2 N–H and O–H groups in total. The van der Waals surface area contributed by atoms with Gasteiger partial charge in [0.25, 0.3) is 0 Å². The highest BCUT2D eigenvalue weighted by Crippen LogP contribution is 2.20. The summed E-state index contributed by atoms with van der Waals surface area (Å²) in [4.78, 5) is 1.97. The largest absolute Gasteiger partial charge is 0.399 e. The van der Waals surface area contributed by atoms with Crippen molar-refractivity contribution in [3.8, 4) is 0 Å². The van der Waals surface area contributed by atoms with Crippen LogP contribution in [-0.2, 0) is 0 Å². The minimum atomic E-state index is -0.316. The van der Waals surface area contributed by atoms with Crippen LogP contribution in [0.1, 0.15) is 18.5 Å². The molecular weight excluding hydrogens is 179 g/mol. The van der Waals surface area contributed by atoms with Gasteiger partial charge in [-0.2, -0.15) is 0 Å². The third kappa shape index (κ3) is 2.70. The first kappa shape index (κ1) is 11.0. The summed E-state index contributed by atoms with van der Waals surface area (Å²) < 4.78 is 12.1. The molecule has 0 radical (unpaired) electrons. The summed E-state index contributed by atoms with van der Waals surface area (Å²) in [7, 11) is 1.91. The van der Waals surface area contributed by atoms with Crippen LogP contribution in [0.15, 0.2) is 24.3 Å². The van der Waals surface area contributed by atoms with Crippen LogP contribution in [0.25, 0.3) is 0 Å². The van der Waals surface area contributed by atoms with Gasteiger partial charge in [-0.1, -0.05) is 12.1 Å². The molecule has 0 bridgehead atoms. The van der Waals surface area contributed by atoms with Gasteiger partial charge in [0.05, 0.1) is 0 Å². The van der Waals surface area contributed by atoms with E-state index < -0.39 is 0 Å². The fraction of sp³-hybridized carbons (Fsp3) is 0.455. The molecule has 0 amide bonds. The van der Waals surface area contributed by atoms with Crippen molar-refractivity contribution in [2.75, 3.05) is 26.0 Å². The van der Waals surface area contributed by atoms with E-state index in [4.69, 9.17) is 5.73 Å². The second kappa shape index (κ2) is 4.96. The zero-order valence-corrected chi connectivity index (χ0v) is 8.70. The van der Waals surface area contributed by atoms with Crippen LogP contribution < -0.4 is 5.73 Å². The molecule has 14 heavy (non-hydrogen) atoms. The van der Waals surface area contributed by atoms with E-state index in [9.17, 15) is 4.39 Å². The van der Waals surface area contributed by atoms with Crippen molar-refractivity contribution in [1.29, 1.82) is 0 Å². The molecule has 1 aromatic rings. The number of benzene rings is 1. The number of anilines is 1. The molecular formula is C11H17FN2. The number of hydrogen-bond donors (Lipinski definition) is 1. The summed E-state index contributed by atoms with van der Waals surface area (Å²) in [6.45, 7) is 2.18. The van der Waals surface area contributed by atoms with E-state index in [1.807, 2.05) is 43.1 Å². The maximum Gasteiger partial charge on any atom is 0.102 e. The molecule has 0 fully saturated rings. The van der Waals surface area contributed by atoms with Crippen molar-refractivity contribution in [1.82, 2.24) is 4.90 Å². The maximum absolute atomic E-state index is 12.1. The highest BCUT2D eigenvalue weighted by atomic mass is 19.1. The fourth-order valence-corrected chi connectivity index (χ4v) is 1.40. The van der Waals surface area contributed by atoms with Crippen molar-refractivity contribution >= 4 is 5.69 Å².